The largest absolute Gasteiger partial charge is 0.497 e. The number of carbonyl (C=O) groups is 1. The fraction of sp³-hybridized carbons (Fsp3) is 0.111. The van der Waals surface area contributed by atoms with Gasteiger partial charge in [-0.15, -0.1) is 0 Å². The molecule has 0 radical (unpaired) electrons. The van der Waals surface area contributed by atoms with Gasteiger partial charge in [-0.25, -0.2) is 5.01 Å². The summed E-state index contributed by atoms with van der Waals surface area (Å²) in [7, 11) is 1.57. The van der Waals surface area contributed by atoms with Crippen molar-refractivity contribution in [1.29, 1.82) is 0 Å². The lowest BCUT2D eigenvalue weighted by Gasteiger charge is -2.23. The first kappa shape index (κ1) is 14.8. The zero-order chi connectivity index (χ0) is 16.2. The molecule has 5 nitrogen and oxygen atoms in total. The van der Waals surface area contributed by atoms with E-state index in [1.165, 1.54) is 0 Å². The second-order valence-corrected chi connectivity index (χ2v) is 5.12. The van der Waals surface area contributed by atoms with Crippen LogP contribution >= 0.6 is 0 Å². The Balaban J connectivity index is 1.82. The average molecular weight is 307 g/mol. The van der Waals surface area contributed by atoms with Crippen LogP contribution in [0.5, 0.6) is 5.75 Å². The smallest absolute Gasteiger partial charge is 0.177 e. The highest BCUT2D eigenvalue weighted by atomic mass is 16.5. The minimum atomic E-state index is -0.568. The summed E-state index contributed by atoms with van der Waals surface area (Å²) in [5.41, 5.74) is 7.46. The fourth-order valence-electron chi connectivity index (χ4n) is 2.39. The summed E-state index contributed by atoms with van der Waals surface area (Å²) >= 11 is 0. The number of ether oxygens (including phenoxy) is 1. The summed E-state index contributed by atoms with van der Waals surface area (Å²) in [5.74, 6) is 0.234. The number of amidine groups is 1. The predicted molar refractivity (Wildman–Crippen MR) is 90.5 cm³/mol. The van der Waals surface area contributed by atoms with E-state index in [2.05, 4.69) is 5.10 Å². The molecule has 0 aliphatic carbocycles. The molecule has 1 unspecified atom stereocenters. The Morgan fingerprint density at radius 2 is 1.96 bits per heavy atom. The predicted octanol–water partition coefficient (Wildman–Crippen LogP) is 2.80. The molecule has 0 amide bonds. The number of carbonyl (C=O) groups excluding carboxylic acids is 1. The van der Waals surface area contributed by atoms with E-state index in [1.54, 1.807) is 48.7 Å². The van der Waals surface area contributed by atoms with Gasteiger partial charge in [-0.05, 0) is 30.3 Å². The van der Waals surface area contributed by atoms with E-state index in [0.29, 0.717) is 11.3 Å². The SMILES string of the molecule is COc1cccc(C(=O)C2C=CN(c3ccccc3)N=C2N)c1. The summed E-state index contributed by atoms with van der Waals surface area (Å²) in [6.07, 6.45) is 3.52. The quantitative estimate of drug-likeness (QED) is 0.882. The lowest BCUT2D eigenvalue weighted by Crippen LogP contribution is -2.34. The third kappa shape index (κ3) is 3.08. The Hall–Kier alpha value is -3.08. The summed E-state index contributed by atoms with van der Waals surface area (Å²) < 4.78 is 5.15. The number of para-hydroxylation sites is 1. The lowest BCUT2D eigenvalue weighted by molar-refractivity contribution is 0.0971. The van der Waals surface area contributed by atoms with Gasteiger partial charge in [-0.2, -0.15) is 5.10 Å². The van der Waals surface area contributed by atoms with Crippen molar-refractivity contribution in [3.63, 3.8) is 0 Å². The van der Waals surface area contributed by atoms with Gasteiger partial charge in [-0.3, -0.25) is 4.79 Å². The number of hydrazone groups is 1. The second kappa shape index (κ2) is 6.36. The molecule has 0 spiro atoms. The standard InChI is InChI=1S/C18H17N3O2/c1-23-15-9-5-6-13(12-15)17(22)16-10-11-21(20-18(16)19)14-7-3-2-4-8-14/h2-12,16H,1H3,(H2,19,20). The lowest BCUT2D eigenvalue weighted by atomic mass is 9.96. The molecule has 0 fully saturated rings. The van der Waals surface area contributed by atoms with Gasteiger partial charge in [-0.1, -0.05) is 30.3 Å². The number of benzene rings is 2. The van der Waals surface area contributed by atoms with Crippen LogP contribution in [-0.2, 0) is 0 Å². The Kier molecular flexibility index (Phi) is 4.10. The van der Waals surface area contributed by atoms with E-state index >= 15 is 0 Å². The third-order valence-corrected chi connectivity index (χ3v) is 3.62. The van der Waals surface area contributed by atoms with Crippen molar-refractivity contribution in [2.24, 2.45) is 16.8 Å². The van der Waals surface area contributed by atoms with Crippen LogP contribution in [-0.4, -0.2) is 18.7 Å². The molecule has 1 atom stereocenters. The maximum atomic E-state index is 12.6. The summed E-state index contributed by atoms with van der Waals surface area (Å²) in [6.45, 7) is 0. The molecule has 2 aromatic carbocycles. The fourth-order valence-corrected chi connectivity index (χ4v) is 2.39. The molecule has 1 aliphatic heterocycles. The molecular formula is C18H17N3O2. The molecule has 3 rings (SSSR count). The van der Waals surface area contributed by atoms with Crippen molar-refractivity contribution in [3.8, 4) is 5.75 Å². The maximum absolute atomic E-state index is 12.6. The number of nitrogens with two attached hydrogens (primary N) is 1. The molecule has 1 heterocycles. The first-order valence-corrected chi connectivity index (χ1v) is 7.24. The van der Waals surface area contributed by atoms with Crippen molar-refractivity contribution in [2.75, 3.05) is 12.1 Å². The van der Waals surface area contributed by atoms with E-state index < -0.39 is 5.92 Å². The number of nitrogens with zero attached hydrogens (tertiary/aromatic N) is 2. The van der Waals surface area contributed by atoms with Crippen molar-refractivity contribution in [3.05, 3.63) is 72.4 Å². The van der Waals surface area contributed by atoms with Crippen molar-refractivity contribution in [1.82, 2.24) is 0 Å². The molecule has 23 heavy (non-hydrogen) atoms. The molecule has 0 saturated heterocycles. The summed E-state index contributed by atoms with van der Waals surface area (Å²) in [4.78, 5) is 12.6. The van der Waals surface area contributed by atoms with Crippen LogP contribution in [0.1, 0.15) is 10.4 Å². The first-order valence-electron chi connectivity index (χ1n) is 7.24. The third-order valence-electron chi connectivity index (χ3n) is 3.62. The molecule has 2 N–H and O–H groups in total. The van der Waals surface area contributed by atoms with E-state index in [-0.39, 0.29) is 11.6 Å². The highest BCUT2D eigenvalue weighted by molar-refractivity contribution is 6.13. The van der Waals surface area contributed by atoms with Crippen molar-refractivity contribution >= 4 is 17.3 Å². The maximum Gasteiger partial charge on any atom is 0.177 e. The monoisotopic (exact) mass is 307 g/mol. The van der Waals surface area contributed by atoms with Crippen LogP contribution in [0.25, 0.3) is 0 Å². The van der Waals surface area contributed by atoms with Gasteiger partial charge in [0.2, 0.25) is 0 Å². The van der Waals surface area contributed by atoms with Gasteiger partial charge in [0.25, 0.3) is 0 Å². The number of rotatable bonds is 4. The normalized spacial score (nSPS) is 16.8. The Morgan fingerprint density at radius 1 is 1.17 bits per heavy atom. The highest BCUT2D eigenvalue weighted by Gasteiger charge is 2.25. The van der Waals surface area contributed by atoms with E-state index in [1.807, 2.05) is 30.3 Å². The molecule has 0 bridgehead atoms. The van der Waals surface area contributed by atoms with Crippen molar-refractivity contribution < 1.29 is 9.53 Å². The van der Waals surface area contributed by atoms with Crippen molar-refractivity contribution in [2.45, 2.75) is 0 Å². The molecule has 1 aliphatic rings. The van der Waals surface area contributed by atoms with Crippen LogP contribution in [0.2, 0.25) is 0 Å². The number of methoxy groups -OCH3 is 1. The first-order chi connectivity index (χ1) is 11.2. The molecule has 0 aromatic heterocycles. The van der Waals surface area contributed by atoms with Gasteiger partial charge in [0.05, 0.1) is 12.8 Å². The van der Waals surface area contributed by atoms with Crippen LogP contribution in [0.3, 0.4) is 0 Å². The Labute approximate surface area is 134 Å². The topological polar surface area (TPSA) is 67.9 Å². The van der Waals surface area contributed by atoms with Gasteiger partial charge in [0, 0.05) is 11.8 Å². The molecule has 0 saturated carbocycles. The zero-order valence-electron chi connectivity index (χ0n) is 12.7. The number of Topliss-reactive ketones (excluding diaryl/α,β-unsaturated/α-hetero) is 1. The number of hydrogen-bond donors (Lipinski definition) is 1. The Bertz CT molecular complexity index is 769. The Morgan fingerprint density at radius 3 is 2.65 bits per heavy atom. The minimum absolute atomic E-state index is 0.103. The summed E-state index contributed by atoms with van der Waals surface area (Å²) in [6, 6.07) is 16.6. The zero-order valence-corrected chi connectivity index (χ0v) is 12.7. The van der Waals surface area contributed by atoms with Crippen LogP contribution in [0.15, 0.2) is 72.0 Å². The molecule has 116 valence electrons. The average Bonchev–Trinajstić information content (AvgIpc) is 2.62. The molecule has 2 aromatic rings. The van der Waals surface area contributed by atoms with Gasteiger partial charge in [0.15, 0.2) is 5.78 Å². The van der Waals surface area contributed by atoms with Gasteiger partial charge in [0.1, 0.15) is 17.5 Å². The number of anilines is 1. The van der Waals surface area contributed by atoms with Crippen LogP contribution in [0, 0.1) is 5.92 Å². The van der Waals surface area contributed by atoms with E-state index in [9.17, 15) is 4.79 Å². The number of hydrogen-bond acceptors (Lipinski definition) is 5. The van der Waals surface area contributed by atoms with E-state index in [0.717, 1.165) is 5.69 Å². The van der Waals surface area contributed by atoms with Crippen LogP contribution in [0.4, 0.5) is 5.69 Å². The number of ketones is 1. The van der Waals surface area contributed by atoms with Gasteiger partial charge < -0.3 is 10.5 Å². The summed E-state index contributed by atoms with van der Waals surface area (Å²) in [5, 5.41) is 5.97. The van der Waals surface area contributed by atoms with Gasteiger partial charge >= 0.3 is 0 Å². The second-order valence-electron chi connectivity index (χ2n) is 5.12. The molecule has 5 heteroatoms. The highest BCUT2D eigenvalue weighted by Crippen LogP contribution is 2.22. The van der Waals surface area contributed by atoms with Crippen LogP contribution < -0.4 is 15.5 Å². The van der Waals surface area contributed by atoms with E-state index in [4.69, 9.17) is 10.5 Å². The molecular weight excluding hydrogens is 290 g/mol. The minimum Gasteiger partial charge on any atom is -0.497 e.